The maximum Gasteiger partial charge on any atom is 0.254 e. The fourth-order valence-corrected chi connectivity index (χ4v) is 0.923. The quantitative estimate of drug-likeness (QED) is 0.203. The first-order valence-corrected chi connectivity index (χ1v) is 4.96. The molecule has 4 atom stereocenters. The van der Waals surface area contributed by atoms with Gasteiger partial charge in [0, 0.05) is 0 Å². The molecular weight excluding hydrogens is 246 g/mol. The molecule has 0 aromatic heterocycles. The van der Waals surface area contributed by atoms with E-state index < -0.39 is 43.4 Å². The van der Waals surface area contributed by atoms with Gasteiger partial charge in [-0.15, -0.1) is 0 Å². The summed E-state index contributed by atoms with van der Waals surface area (Å²) in [4.78, 5) is 10.8. The van der Waals surface area contributed by atoms with E-state index in [4.69, 9.17) is 15.5 Å². The predicted octanol–water partition coefficient (Wildman–Crippen LogP) is -3.56. The molecule has 6 N–H and O–H groups in total. The first-order valence-electron chi connectivity index (χ1n) is 4.96. The van der Waals surface area contributed by atoms with Crippen LogP contribution in [0.5, 0.6) is 0 Å². The van der Waals surface area contributed by atoms with Crippen molar-refractivity contribution in [3.63, 3.8) is 0 Å². The number of nitrogens with zero attached hydrogens (tertiary/aromatic N) is 2. The molecule has 0 radical (unpaired) electrons. The molecule has 0 aliphatic rings. The normalized spacial score (nSPS) is 17.8. The Kier molecular flexibility index (Phi) is 7.77. The van der Waals surface area contributed by atoms with E-state index in [1.165, 1.54) is 0 Å². The zero-order valence-corrected chi connectivity index (χ0v) is 9.34. The molecule has 0 aromatic carbocycles. The molecule has 18 heavy (non-hydrogen) atoms. The predicted molar refractivity (Wildman–Crippen MR) is 58.0 cm³/mol. The minimum absolute atomic E-state index is 0.415. The molecule has 0 aliphatic heterocycles. The van der Waals surface area contributed by atoms with Crippen LogP contribution in [-0.4, -0.2) is 68.7 Å². The molecule has 0 saturated heterocycles. The highest BCUT2D eigenvalue weighted by atomic mass is 16.4. The lowest BCUT2D eigenvalue weighted by molar-refractivity contribution is -0.120. The van der Waals surface area contributed by atoms with Crippen LogP contribution in [0.1, 0.15) is 6.42 Å². The third-order valence-electron chi connectivity index (χ3n) is 1.94. The second-order valence-electron chi connectivity index (χ2n) is 3.37. The average molecular weight is 261 g/mol. The van der Waals surface area contributed by atoms with E-state index in [0.717, 1.165) is 0 Å². The van der Waals surface area contributed by atoms with Crippen LogP contribution in [0.15, 0.2) is 5.10 Å². The second-order valence-corrected chi connectivity index (χ2v) is 3.37. The van der Waals surface area contributed by atoms with Crippen molar-refractivity contribution in [1.82, 2.24) is 5.43 Å². The van der Waals surface area contributed by atoms with E-state index in [2.05, 4.69) is 5.10 Å². The lowest BCUT2D eigenvalue weighted by Crippen LogP contribution is -2.46. The summed E-state index contributed by atoms with van der Waals surface area (Å²) in [7, 11) is 0. The van der Waals surface area contributed by atoms with E-state index in [9.17, 15) is 20.1 Å². The van der Waals surface area contributed by atoms with E-state index in [-0.39, 0.29) is 0 Å². The van der Waals surface area contributed by atoms with E-state index >= 15 is 0 Å². The van der Waals surface area contributed by atoms with Crippen LogP contribution in [0.4, 0.5) is 0 Å². The van der Waals surface area contributed by atoms with Gasteiger partial charge < -0.3 is 25.5 Å². The van der Waals surface area contributed by atoms with Crippen molar-refractivity contribution in [3.8, 4) is 6.07 Å². The highest BCUT2D eigenvalue weighted by molar-refractivity contribution is 5.79. The summed E-state index contributed by atoms with van der Waals surface area (Å²) in [6, 6.07) is 1.57. The van der Waals surface area contributed by atoms with Crippen LogP contribution in [0.25, 0.3) is 0 Å². The maximum absolute atomic E-state index is 10.8. The van der Waals surface area contributed by atoms with Gasteiger partial charge in [-0.2, -0.15) is 10.4 Å². The average Bonchev–Trinajstić information content (AvgIpc) is 2.36. The molecule has 102 valence electrons. The molecule has 9 nitrogen and oxygen atoms in total. The van der Waals surface area contributed by atoms with Crippen molar-refractivity contribution in [2.45, 2.75) is 30.8 Å². The van der Waals surface area contributed by atoms with E-state index in [1.807, 2.05) is 5.43 Å². The summed E-state index contributed by atoms with van der Waals surface area (Å²) in [5.74, 6) is -0.702. The summed E-state index contributed by atoms with van der Waals surface area (Å²) < 4.78 is 0. The number of nitriles is 1. The Morgan fingerprint density at radius 1 is 1.33 bits per heavy atom. The van der Waals surface area contributed by atoms with Gasteiger partial charge in [-0.25, -0.2) is 5.43 Å². The molecule has 4 unspecified atom stereocenters. The minimum atomic E-state index is -1.79. The molecule has 0 aliphatic carbocycles. The van der Waals surface area contributed by atoms with Gasteiger partial charge in [0.2, 0.25) is 0 Å². The Morgan fingerprint density at radius 2 is 1.94 bits per heavy atom. The summed E-state index contributed by atoms with van der Waals surface area (Å²) in [5.41, 5.74) is 1.89. The fourth-order valence-electron chi connectivity index (χ4n) is 0.923. The van der Waals surface area contributed by atoms with Crippen LogP contribution in [-0.2, 0) is 4.79 Å². The number of carbonyl (C=O) groups is 1. The molecule has 9 heteroatoms. The van der Waals surface area contributed by atoms with Gasteiger partial charge in [-0.1, -0.05) is 0 Å². The van der Waals surface area contributed by atoms with Crippen LogP contribution < -0.4 is 5.43 Å². The van der Waals surface area contributed by atoms with E-state index in [1.54, 1.807) is 6.07 Å². The Bertz CT molecular complexity index is 329. The summed E-state index contributed by atoms with van der Waals surface area (Å²) >= 11 is 0. The highest BCUT2D eigenvalue weighted by Gasteiger charge is 2.29. The van der Waals surface area contributed by atoms with Crippen molar-refractivity contribution in [3.05, 3.63) is 0 Å². The molecule has 0 rings (SSSR count). The van der Waals surface area contributed by atoms with Crippen LogP contribution in [0.3, 0.4) is 0 Å². The summed E-state index contributed by atoms with van der Waals surface area (Å²) in [6.07, 6.45) is -6.54. The third kappa shape index (κ3) is 5.67. The van der Waals surface area contributed by atoms with Gasteiger partial charge in [0.1, 0.15) is 30.8 Å². The third-order valence-corrected chi connectivity index (χ3v) is 1.94. The second kappa shape index (κ2) is 8.51. The first-order chi connectivity index (χ1) is 8.43. The zero-order valence-electron chi connectivity index (χ0n) is 9.34. The highest BCUT2D eigenvalue weighted by Crippen LogP contribution is 2.03. The lowest BCUT2D eigenvalue weighted by Gasteiger charge is -2.23. The monoisotopic (exact) mass is 261 g/mol. The Hall–Kier alpha value is -1.57. The van der Waals surface area contributed by atoms with Crippen LogP contribution in [0.2, 0.25) is 0 Å². The molecule has 0 saturated carbocycles. The number of carbonyl (C=O) groups excluding carboxylic acids is 1. The van der Waals surface area contributed by atoms with Gasteiger partial charge in [0.25, 0.3) is 5.91 Å². The zero-order chi connectivity index (χ0) is 14.1. The number of hydrogen-bond donors (Lipinski definition) is 6. The van der Waals surface area contributed by atoms with Crippen LogP contribution in [0, 0.1) is 11.3 Å². The Labute approximate surface area is 103 Å². The SMILES string of the molecule is N#CCC(=O)N/N=C/C(O)C(O)C(O)C(O)CO. The Morgan fingerprint density at radius 3 is 2.44 bits per heavy atom. The number of hydrazone groups is 1. The van der Waals surface area contributed by atoms with Gasteiger partial charge in [-0.05, 0) is 0 Å². The van der Waals surface area contributed by atoms with Gasteiger partial charge in [-0.3, -0.25) is 4.79 Å². The number of amides is 1. The fraction of sp³-hybridized carbons (Fsp3) is 0.667. The van der Waals surface area contributed by atoms with Gasteiger partial charge >= 0.3 is 0 Å². The molecule has 0 spiro atoms. The molecular formula is C9H15N3O6. The summed E-state index contributed by atoms with van der Waals surface area (Å²) in [6.45, 7) is -0.791. The van der Waals surface area contributed by atoms with Crippen molar-refractivity contribution < 1.29 is 30.3 Å². The smallest absolute Gasteiger partial charge is 0.254 e. The Balaban J connectivity index is 4.23. The summed E-state index contributed by atoms with van der Waals surface area (Å²) in [5, 5.41) is 56.8. The number of aliphatic hydroxyl groups is 5. The number of aliphatic hydroxyl groups excluding tert-OH is 5. The minimum Gasteiger partial charge on any atom is -0.394 e. The topological polar surface area (TPSA) is 166 Å². The van der Waals surface area contributed by atoms with Crippen LogP contribution >= 0.6 is 0 Å². The van der Waals surface area contributed by atoms with Crippen molar-refractivity contribution >= 4 is 12.1 Å². The molecule has 0 bridgehead atoms. The molecule has 0 heterocycles. The number of hydrogen-bond acceptors (Lipinski definition) is 8. The van der Waals surface area contributed by atoms with Gasteiger partial charge in [0.15, 0.2) is 0 Å². The first kappa shape index (κ1) is 16.4. The number of nitrogens with one attached hydrogen (secondary N) is 1. The molecule has 0 aromatic rings. The lowest BCUT2D eigenvalue weighted by atomic mass is 10.0. The standard InChI is InChI=1S/C9H15N3O6/c10-2-1-7(16)12-11-3-5(14)8(17)9(18)6(15)4-13/h3,5-6,8-9,13-15,17-18H,1,4H2,(H,12,16)/b11-3+. The van der Waals surface area contributed by atoms with Crippen molar-refractivity contribution in [2.75, 3.05) is 6.61 Å². The number of rotatable bonds is 7. The largest absolute Gasteiger partial charge is 0.394 e. The van der Waals surface area contributed by atoms with E-state index in [0.29, 0.717) is 6.21 Å². The van der Waals surface area contributed by atoms with Crippen molar-refractivity contribution in [1.29, 1.82) is 5.26 Å². The molecule has 1 amide bonds. The maximum atomic E-state index is 10.8. The molecule has 0 fully saturated rings. The van der Waals surface area contributed by atoms with Gasteiger partial charge in [0.05, 0.1) is 18.9 Å². The van der Waals surface area contributed by atoms with Crippen molar-refractivity contribution in [2.24, 2.45) is 5.10 Å².